The van der Waals surface area contributed by atoms with E-state index in [4.69, 9.17) is 9.47 Å². The Hall–Kier alpha value is -3.95. The number of aliphatic hydroxyl groups is 1. The van der Waals surface area contributed by atoms with Crippen molar-refractivity contribution in [3.8, 4) is 0 Å². The number of ether oxygens (including phenoxy) is 2. The fraction of sp³-hybridized carbons (Fsp3) is 0.345. The van der Waals surface area contributed by atoms with E-state index in [1.54, 1.807) is 38.2 Å². The second-order valence-corrected chi connectivity index (χ2v) is 9.92. The molecule has 0 saturated carbocycles. The lowest BCUT2D eigenvalue weighted by molar-refractivity contribution is 0.0141. The van der Waals surface area contributed by atoms with Gasteiger partial charge in [-0.25, -0.2) is 14.6 Å². The molecule has 0 fully saturated rings. The van der Waals surface area contributed by atoms with Crippen LogP contribution < -0.4 is 10.7 Å². The Kier molecular flexibility index (Phi) is 10.6. The van der Waals surface area contributed by atoms with Gasteiger partial charge in [-0.2, -0.15) is 0 Å². The highest BCUT2D eigenvalue weighted by atomic mass is 16.6. The van der Waals surface area contributed by atoms with E-state index >= 15 is 0 Å². The number of nitrogens with zero attached hydrogens (tertiary/aromatic N) is 2. The third kappa shape index (κ3) is 10.6. The molecule has 1 heterocycles. The number of alkyl carbamates (subject to hydrolysis) is 1. The summed E-state index contributed by atoms with van der Waals surface area (Å²) >= 11 is 0. The molecule has 202 valence electrons. The highest BCUT2D eigenvalue weighted by molar-refractivity contribution is 5.68. The van der Waals surface area contributed by atoms with Gasteiger partial charge in [-0.15, -0.1) is 0 Å². The van der Waals surface area contributed by atoms with Crippen molar-refractivity contribution in [1.29, 1.82) is 0 Å². The molecule has 3 N–H and O–H groups in total. The Morgan fingerprint density at radius 2 is 1.50 bits per heavy atom. The van der Waals surface area contributed by atoms with Gasteiger partial charge in [0.15, 0.2) is 0 Å². The van der Waals surface area contributed by atoms with E-state index in [0.29, 0.717) is 6.42 Å². The minimum Gasteiger partial charge on any atom is -0.445 e. The Labute approximate surface area is 223 Å². The van der Waals surface area contributed by atoms with Crippen molar-refractivity contribution in [2.24, 2.45) is 0 Å². The zero-order valence-electron chi connectivity index (χ0n) is 22.0. The quantitative estimate of drug-likeness (QED) is 0.325. The minimum absolute atomic E-state index is 0.0119. The monoisotopic (exact) mass is 520 g/mol. The standard InChI is InChI=1S/C29H36N4O5/c1-29(2,3)38-28(36)32-33(19-23-14-16-30-17-15-23)20-26(34)25(18-22-10-6-4-7-11-22)31-27(35)37-21-24-12-8-5-9-13-24/h4-17,25-26,34H,18-21H2,1-3H3,(H,31,35)(H,32,36)/t25-,26-/m0/s1. The number of rotatable bonds is 11. The van der Waals surface area contributed by atoms with E-state index in [1.807, 2.05) is 72.8 Å². The van der Waals surface area contributed by atoms with Crippen molar-refractivity contribution in [3.05, 3.63) is 102 Å². The van der Waals surface area contributed by atoms with Crippen LogP contribution in [0.4, 0.5) is 9.59 Å². The molecule has 0 spiro atoms. The molecule has 0 aliphatic heterocycles. The highest BCUT2D eigenvalue weighted by Gasteiger charge is 2.27. The fourth-order valence-corrected chi connectivity index (χ4v) is 3.71. The highest BCUT2D eigenvalue weighted by Crippen LogP contribution is 2.12. The molecule has 1 aromatic heterocycles. The molecular formula is C29H36N4O5. The summed E-state index contributed by atoms with van der Waals surface area (Å²) in [6.45, 7) is 5.73. The summed E-state index contributed by atoms with van der Waals surface area (Å²) in [6.07, 6.45) is 1.32. The van der Waals surface area contributed by atoms with Crippen molar-refractivity contribution < 1.29 is 24.2 Å². The van der Waals surface area contributed by atoms with Gasteiger partial charge in [0.05, 0.1) is 12.1 Å². The Morgan fingerprint density at radius 3 is 2.11 bits per heavy atom. The molecule has 0 aliphatic carbocycles. The molecule has 3 rings (SSSR count). The normalized spacial score (nSPS) is 12.9. The van der Waals surface area contributed by atoms with Crippen molar-refractivity contribution in [2.75, 3.05) is 6.54 Å². The van der Waals surface area contributed by atoms with Crippen molar-refractivity contribution in [1.82, 2.24) is 20.7 Å². The van der Waals surface area contributed by atoms with Gasteiger partial charge >= 0.3 is 12.2 Å². The molecule has 9 nitrogen and oxygen atoms in total. The zero-order chi connectivity index (χ0) is 27.4. The maximum Gasteiger partial charge on any atom is 0.422 e. The smallest absolute Gasteiger partial charge is 0.422 e. The van der Waals surface area contributed by atoms with Crippen LogP contribution in [-0.4, -0.2) is 51.6 Å². The predicted octanol–water partition coefficient (Wildman–Crippen LogP) is 4.22. The van der Waals surface area contributed by atoms with Crippen LogP contribution in [0.5, 0.6) is 0 Å². The van der Waals surface area contributed by atoms with Crippen LogP contribution in [0.15, 0.2) is 85.2 Å². The topological polar surface area (TPSA) is 113 Å². The zero-order valence-corrected chi connectivity index (χ0v) is 22.0. The van der Waals surface area contributed by atoms with E-state index in [-0.39, 0.29) is 19.7 Å². The van der Waals surface area contributed by atoms with Gasteiger partial charge in [0.25, 0.3) is 0 Å². The number of hydrogen-bond acceptors (Lipinski definition) is 7. The van der Waals surface area contributed by atoms with E-state index < -0.39 is 29.9 Å². The molecule has 2 amide bonds. The minimum atomic E-state index is -1.06. The number of aromatic nitrogens is 1. The van der Waals surface area contributed by atoms with Gasteiger partial charge in [-0.3, -0.25) is 10.4 Å². The summed E-state index contributed by atoms with van der Waals surface area (Å²) < 4.78 is 10.8. The van der Waals surface area contributed by atoms with Crippen LogP contribution in [0.2, 0.25) is 0 Å². The van der Waals surface area contributed by atoms with Crippen LogP contribution in [0.1, 0.15) is 37.5 Å². The summed E-state index contributed by atoms with van der Waals surface area (Å²) in [5, 5.41) is 15.6. The first-order valence-corrected chi connectivity index (χ1v) is 12.5. The molecule has 0 saturated heterocycles. The first-order chi connectivity index (χ1) is 18.2. The third-order valence-electron chi connectivity index (χ3n) is 5.46. The average molecular weight is 521 g/mol. The summed E-state index contributed by atoms with van der Waals surface area (Å²) in [6, 6.07) is 21.8. The molecule has 3 aromatic rings. The summed E-state index contributed by atoms with van der Waals surface area (Å²) in [5.41, 5.74) is 4.69. The van der Waals surface area contributed by atoms with Gasteiger partial charge in [0.1, 0.15) is 12.2 Å². The largest absolute Gasteiger partial charge is 0.445 e. The summed E-state index contributed by atoms with van der Waals surface area (Å²) in [7, 11) is 0. The van der Waals surface area contributed by atoms with Crippen molar-refractivity contribution in [2.45, 2.75) is 58.1 Å². The van der Waals surface area contributed by atoms with E-state index in [2.05, 4.69) is 15.7 Å². The third-order valence-corrected chi connectivity index (χ3v) is 5.46. The van der Waals surface area contributed by atoms with Crippen LogP contribution in [0.3, 0.4) is 0 Å². The number of aliphatic hydroxyl groups excluding tert-OH is 1. The Bertz CT molecular complexity index is 1120. The van der Waals surface area contributed by atoms with Crippen molar-refractivity contribution >= 4 is 12.2 Å². The predicted molar refractivity (Wildman–Crippen MR) is 144 cm³/mol. The number of amides is 2. The molecular weight excluding hydrogens is 484 g/mol. The lowest BCUT2D eigenvalue weighted by Gasteiger charge is -2.31. The van der Waals surface area contributed by atoms with Gasteiger partial charge < -0.3 is 19.9 Å². The van der Waals surface area contributed by atoms with Gasteiger partial charge in [0.2, 0.25) is 0 Å². The van der Waals surface area contributed by atoms with E-state index in [1.165, 1.54) is 0 Å². The first-order valence-electron chi connectivity index (χ1n) is 12.5. The van der Waals surface area contributed by atoms with Crippen molar-refractivity contribution in [3.63, 3.8) is 0 Å². The molecule has 38 heavy (non-hydrogen) atoms. The summed E-state index contributed by atoms with van der Waals surface area (Å²) in [4.78, 5) is 29.2. The Balaban J connectivity index is 1.72. The number of hydrazine groups is 1. The van der Waals surface area contributed by atoms with Crippen LogP contribution in [0, 0.1) is 0 Å². The SMILES string of the molecule is CC(C)(C)OC(=O)NN(Cc1ccncc1)C[C@H](O)[C@H](Cc1ccccc1)NC(=O)OCc1ccccc1. The average Bonchev–Trinajstić information content (AvgIpc) is 2.87. The molecule has 0 bridgehead atoms. The van der Waals surface area contributed by atoms with Crippen LogP contribution >= 0.6 is 0 Å². The fourth-order valence-electron chi connectivity index (χ4n) is 3.71. The first kappa shape index (κ1) is 28.6. The van der Waals surface area contributed by atoms with Gasteiger partial charge in [-0.05, 0) is 56.0 Å². The molecule has 0 unspecified atom stereocenters. The maximum absolute atomic E-state index is 12.7. The summed E-state index contributed by atoms with van der Waals surface area (Å²) in [5.74, 6) is 0. The number of carbonyl (C=O) groups is 2. The second-order valence-electron chi connectivity index (χ2n) is 9.92. The molecule has 0 radical (unpaired) electrons. The van der Waals surface area contributed by atoms with Crippen LogP contribution in [0.25, 0.3) is 0 Å². The van der Waals surface area contributed by atoms with E-state index in [0.717, 1.165) is 16.7 Å². The number of benzene rings is 2. The molecule has 9 heteroatoms. The number of carbonyl (C=O) groups excluding carboxylic acids is 2. The lowest BCUT2D eigenvalue weighted by atomic mass is 10.0. The molecule has 0 aliphatic rings. The Morgan fingerprint density at radius 1 is 0.895 bits per heavy atom. The lowest BCUT2D eigenvalue weighted by Crippen LogP contribution is -2.53. The van der Waals surface area contributed by atoms with E-state index in [9.17, 15) is 14.7 Å². The van der Waals surface area contributed by atoms with Gasteiger partial charge in [0, 0.05) is 25.5 Å². The number of pyridine rings is 1. The molecule has 2 aromatic carbocycles. The van der Waals surface area contributed by atoms with Gasteiger partial charge in [-0.1, -0.05) is 60.7 Å². The number of hydrogen-bond donors (Lipinski definition) is 3. The second kappa shape index (κ2) is 14.1. The number of nitrogens with one attached hydrogen (secondary N) is 2. The van der Waals surface area contributed by atoms with Crippen LogP contribution in [-0.2, 0) is 29.0 Å². The molecule has 2 atom stereocenters. The maximum atomic E-state index is 12.7.